The summed E-state index contributed by atoms with van der Waals surface area (Å²) in [6.45, 7) is 2.60. The normalized spacial score (nSPS) is 12.0. The Morgan fingerprint density at radius 3 is 2.31 bits per heavy atom. The Morgan fingerprint density at radius 2 is 1.85 bits per heavy atom. The van der Waals surface area contributed by atoms with Gasteiger partial charge in [-0.2, -0.15) is 0 Å². The van der Waals surface area contributed by atoms with Crippen LogP contribution in [0.3, 0.4) is 0 Å². The van der Waals surface area contributed by atoms with E-state index in [0.717, 1.165) is 24.2 Å². The average Bonchev–Trinajstić information content (AvgIpc) is 2.17. The Hall–Kier alpha value is 0.554. The van der Waals surface area contributed by atoms with Crippen molar-refractivity contribution in [2.24, 2.45) is 5.73 Å². The molecule has 3 N–H and O–H groups in total. The second-order valence-electron chi connectivity index (χ2n) is 3.18. The molecule has 0 aliphatic carbocycles. The van der Waals surface area contributed by atoms with E-state index in [1.807, 2.05) is 0 Å². The van der Waals surface area contributed by atoms with Crippen molar-refractivity contribution < 1.29 is 24.0 Å². The first-order valence-electron chi connectivity index (χ1n) is 4.69. The summed E-state index contributed by atoms with van der Waals surface area (Å²) in [6, 6.07) is 0. The van der Waals surface area contributed by atoms with Crippen molar-refractivity contribution in [1.82, 2.24) is 5.32 Å². The van der Waals surface area contributed by atoms with Gasteiger partial charge in [0.2, 0.25) is 0 Å². The fraction of sp³-hybridized carbons (Fsp3) is 1.00. The summed E-state index contributed by atoms with van der Waals surface area (Å²) in [6.07, 6.45) is 1.11. The van der Waals surface area contributed by atoms with Gasteiger partial charge in [-0.15, -0.1) is 0 Å². The van der Waals surface area contributed by atoms with Gasteiger partial charge in [-0.05, 0) is 0 Å². The zero-order valence-electron chi connectivity index (χ0n) is 8.93. The van der Waals surface area contributed by atoms with E-state index < -0.39 is 17.4 Å². The molecule has 0 radical (unpaired) electrons. The van der Waals surface area contributed by atoms with Gasteiger partial charge in [-0.25, -0.2) is 0 Å². The zero-order valence-corrected chi connectivity index (χ0v) is 10.5. The third-order valence-electron chi connectivity index (χ3n) is 2.17. The third kappa shape index (κ3) is 6.60. The Morgan fingerprint density at radius 1 is 1.23 bits per heavy atom. The van der Waals surface area contributed by atoms with Crippen LogP contribution in [-0.4, -0.2) is 33.9 Å². The molecule has 4 nitrogen and oxygen atoms in total. The van der Waals surface area contributed by atoms with E-state index >= 15 is 0 Å². The summed E-state index contributed by atoms with van der Waals surface area (Å²) >= 11 is -2.31. The second kappa shape index (κ2) is 7.91. The topological polar surface area (TPSA) is 56.5 Å². The third-order valence-corrected chi connectivity index (χ3v) is 6.84. The van der Waals surface area contributed by atoms with Crippen LogP contribution in [0.5, 0.6) is 0 Å². The zero-order chi connectivity index (χ0) is 10.2. The van der Waals surface area contributed by atoms with Crippen molar-refractivity contribution in [3.05, 3.63) is 0 Å². The fourth-order valence-electron chi connectivity index (χ4n) is 1.05. The Balaban J connectivity index is 3.39. The van der Waals surface area contributed by atoms with Crippen LogP contribution >= 0.6 is 0 Å². The maximum absolute atomic E-state index is 5.41. The van der Waals surface area contributed by atoms with Crippen molar-refractivity contribution in [3.8, 4) is 0 Å². The van der Waals surface area contributed by atoms with Crippen LogP contribution in [0.1, 0.15) is 6.42 Å². The summed E-state index contributed by atoms with van der Waals surface area (Å²) in [5, 5.41) is 5.38. The van der Waals surface area contributed by atoms with Crippen LogP contribution in [0.15, 0.2) is 0 Å². The van der Waals surface area contributed by atoms with Gasteiger partial charge in [0, 0.05) is 0 Å². The molecule has 0 saturated carbocycles. The van der Waals surface area contributed by atoms with Gasteiger partial charge in [0.15, 0.2) is 0 Å². The van der Waals surface area contributed by atoms with Gasteiger partial charge in [-0.1, -0.05) is 0 Å². The molecule has 5 heteroatoms. The Labute approximate surface area is 85.5 Å². The number of hydrogen-bond acceptors (Lipinski definition) is 4. The van der Waals surface area contributed by atoms with Crippen LogP contribution in [0.25, 0.3) is 0 Å². The quantitative estimate of drug-likeness (QED) is 0.471. The Bertz CT molecular complexity index is 121. The first kappa shape index (κ1) is 13.6. The first-order valence-corrected chi connectivity index (χ1v) is 8.63. The van der Waals surface area contributed by atoms with Crippen molar-refractivity contribution in [2.75, 3.05) is 33.9 Å². The molecule has 0 aromatic heterocycles. The first-order chi connectivity index (χ1) is 6.18. The summed E-state index contributed by atoms with van der Waals surface area (Å²) in [7, 11) is 3.49. The van der Waals surface area contributed by atoms with Gasteiger partial charge < -0.3 is 0 Å². The van der Waals surface area contributed by atoms with Gasteiger partial charge in [-0.3, -0.25) is 0 Å². The van der Waals surface area contributed by atoms with Crippen molar-refractivity contribution in [1.29, 1.82) is 0 Å². The molecular weight excluding hydrogens is 204 g/mol. The van der Waals surface area contributed by atoms with Gasteiger partial charge >= 0.3 is 85.3 Å². The number of nitrogens with two attached hydrogens (primary N) is 1. The molecule has 80 valence electrons. The van der Waals surface area contributed by atoms with Crippen molar-refractivity contribution in [3.63, 3.8) is 0 Å². The molecule has 0 saturated heterocycles. The standard InChI is InChI=1S/C5H13N2.2CH3O.CH3.Ti/c1-2-4-7-5-3-6;2*1-2;;/h7H,1-6H2;2*1H3;1H3;/q;2*-1;;+2. The maximum atomic E-state index is 5.41. The summed E-state index contributed by atoms with van der Waals surface area (Å²) in [4.78, 5) is 0. The molecule has 0 unspecified atom stereocenters. The predicted molar refractivity (Wildman–Crippen MR) is 51.2 cm³/mol. The van der Waals surface area contributed by atoms with E-state index in [0.29, 0.717) is 6.54 Å². The van der Waals surface area contributed by atoms with E-state index in [2.05, 4.69) is 10.5 Å². The van der Waals surface area contributed by atoms with E-state index in [9.17, 15) is 0 Å². The molecule has 0 amide bonds. The Kier molecular flexibility index (Phi) is 8.25. The van der Waals surface area contributed by atoms with Crippen LogP contribution in [0.4, 0.5) is 0 Å². The van der Waals surface area contributed by atoms with Gasteiger partial charge in [0.05, 0.1) is 0 Å². The molecule has 13 heavy (non-hydrogen) atoms. The molecule has 0 aliphatic heterocycles. The summed E-state index contributed by atoms with van der Waals surface area (Å²) in [5.74, 6) is 0. The van der Waals surface area contributed by atoms with Crippen LogP contribution in [0, 0.1) is 0 Å². The van der Waals surface area contributed by atoms with E-state index in [4.69, 9.17) is 12.4 Å². The summed E-state index contributed by atoms with van der Waals surface area (Å²) < 4.78 is 11.9. The molecule has 0 aliphatic rings. The number of nitrogens with one attached hydrogen (secondary N) is 1. The molecular formula is C8H22N2O2Ti. The molecule has 0 aromatic carbocycles. The molecule has 0 atom stereocenters. The molecule has 0 fully saturated rings. The van der Waals surface area contributed by atoms with E-state index in [1.165, 1.54) is 0 Å². The van der Waals surface area contributed by atoms with Crippen LogP contribution in [-0.2, 0) is 24.0 Å². The average molecular weight is 226 g/mol. The van der Waals surface area contributed by atoms with E-state index in [1.54, 1.807) is 14.2 Å². The molecule has 0 rings (SSSR count). The minimum absolute atomic E-state index is 0.702. The van der Waals surface area contributed by atoms with Gasteiger partial charge in [0.1, 0.15) is 0 Å². The predicted octanol–water partition coefficient (Wildman–Crippen LogP) is 0.668. The second-order valence-corrected chi connectivity index (χ2v) is 8.78. The van der Waals surface area contributed by atoms with Crippen molar-refractivity contribution in [2.45, 2.75) is 16.4 Å². The fourth-order valence-corrected chi connectivity index (χ4v) is 3.23. The van der Waals surface area contributed by atoms with Crippen molar-refractivity contribution >= 4 is 0 Å². The van der Waals surface area contributed by atoms with Crippen LogP contribution in [0.2, 0.25) is 9.95 Å². The number of hydrogen-bond donors (Lipinski definition) is 2. The monoisotopic (exact) mass is 226 g/mol. The molecule has 0 spiro atoms. The van der Waals surface area contributed by atoms with Gasteiger partial charge in [0.25, 0.3) is 0 Å². The summed E-state index contributed by atoms with van der Waals surface area (Å²) in [5.41, 5.74) is 5.35. The molecule has 0 aromatic rings. The minimum atomic E-state index is -2.31. The van der Waals surface area contributed by atoms with Crippen LogP contribution < -0.4 is 11.1 Å². The molecule has 0 bridgehead atoms. The number of rotatable bonds is 8. The molecule has 0 heterocycles. The SMILES string of the molecule is C[O][Ti]([CH3])([CH2]CCNCCN)[O]C. The van der Waals surface area contributed by atoms with E-state index in [-0.39, 0.29) is 0 Å².